The van der Waals surface area contributed by atoms with Crippen molar-refractivity contribution >= 4 is 0 Å². The predicted octanol–water partition coefficient (Wildman–Crippen LogP) is 2.19. The molecule has 0 radical (unpaired) electrons. The molecule has 2 rings (SSSR count). The lowest BCUT2D eigenvalue weighted by Gasteiger charge is -2.32. The first-order valence-electron chi connectivity index (χ1n) is 6.24. The first-order valence-corrected chi connectivity index (χ1v) is 6.24. The monoisotopic (exact) mass is 197 g/mol. The average Bonchev–Trinajstić information content (AvgIpc) is 3.03. The van der Waals surface area contributed by atoms with Crippen LogP contribution in [0.25, 0.3) is 0 Å². The fraction of sp³-hybridized carbons (Fsp3) is 1.00. The number of ether oxygens (including phenoxy) is 1. The Morgan fingerprint density at radius 1 is 1.29 bits per heavy atom. The van der Waals surface area contributed by atoms with E-state index in [1.54, 1.807) is 0 Å². The van der Waals surface area contributed by atoms with E-state index < -0.39 is 0 Å². The summed E-state index contributed by atoms with van der Waals surface area (Å²) in [5.41, 5.74) is 0. The summed E-state index contributed by atoms with van der Waals surface area (Å²) >= 11 is 0. The summed E-state index contributed by atoms with van der Waals surface area (Å²) in [6, 6.07) is 0. The zero-order chi connectivity index (χ0) is 9.80. The van der Waals surface area contributed by atoms with Gasteiger partial charge in [-0.3, -0.25) is 0 Å². The molecule has 1 aliphatic heterocycles. The Balaban J connectivity index is 1.74. The lowest BCUT2D eigenvalue weighted by Crippen LogP contribution is -2.38. The lowest BCUT2D eigenvalue weighted by molar-refractivity contribution is -0.0384. The molecular formula is C12H23NO. The van der Waals surface area contributed by atoms with Gasteiger partial charge in [0.2, 0.25) is 0 Å². The van der Waals surface area contributed by atoms with Crippen molar-refractivity contribution in [2.24, 2.45) is 11.8 Å². The third-order valence-corrected chi connectivity index (χ3v) is 3.41. The van der Waals surface area contributed by atoms with E-state index in [9.17, 15) is 0 Å². The van der Waals surface area contributed by atoms with E-state index in [2.05, 4.69) is 12.2 Å². The van der Waals surface area contributed by atoms with Gasteiger partial charge in [0, 0.05) is 13.2 Å². The number of hydrogen-bond acceptors (Lipinski definition) is 2. The van der Waals surface area contributed by atoms with Gasteiger partial charge in [-0.25, -0.2) is 0 Å². The molecule has 14 heavy (non-hydrogen) atoms. The van der Waals surface area contributed by atoms with Crippen LogP contribution in [0.5, 0.6) is 0 Å². The molecule has 1 aliphatic carbocycles. The van der Waals surface area contributed by atoms with E-state index in [4.69, 9.17) is 4.74 Å². The van der Waals surface area contributed by atoms with Crippen LogP contribution in [-0.4, -0.2) is 25.8 Å². The molecular weight excluding hydrogens is 174 g/mol. The fourth-order valence-electron chi connectivity index (χ4n) is 2.49. The summed E-state index contributed by atoms with van der Waals surface area (Å²) in [5.74, 6) is 1.70. The van der Waals surface area contributed by atoms with Crippen LogP contribution in [0.3, 0.4) is 0 Å². The van der Waals surface area contributed by atoms with Crippen molar-refractivity contribution in [3.63, 3.8) is 0 Å². The quantitative estimate of drug-likeness (QED) is 0.682. The maximum Gasteiger partial charge on any atom is 0.0643 e. The molecule has 0 aromatic rings. The van der Waals surface area contributed by atoms with Crippen molar-refractivity contribution in [2.75, 3.05) is 19.7 Å². The molecule has 1 heterocycles. The van der Waals surface area contributed by atoms with E-state index in [1.807, 2.05) is 0 Å². The minimum Gasteiger partial charge on any atom is -0.378 e. The summed E-state index contributed by atoms with van der Waals surface area (Å²) < 4.78 is 5.91. The van der Waals surface area contributed by atoms with Crippen LogP contribution in [0.1, 0.15) is 39.0 Å². The Bertz CT molecular complexity index is 168. The summed E-state index contributed by atoms with van der Waals surface area (Å²) in [5, 5.41) is 3.54. The Morgan fingerprint density at radius 3 is 2.86 bits per heavy atom. The van der Waals surface area contributed by atoms with Gasteiger partial charge in [-0.1, -0.05) is 6.92 Å². The van der Waals surface area contributed by atoms with Crippen molar-refractivity contribution in [2.45, 2.75) is 45.1 Å². The molecule has 82 valence electrons. The van der Waals surface area contributed by atoms with Gasteiger partial charge < -0.3 is 10.1 Å². The highest BCUT2D eigenvalue weighted by atomic mass is 16.5. The molecule has 2 unspecified atom stereocenters. The molecule has 1 N–H and O–H groups in total. The topological polar surface area (TPSA) is 21.3 Å². The van der Waals surface area contributed by atoms with Crippen LogP contribution in [-0.2, 0) is 4.74 Å². The molecule has 2 aliphatic rings. The number of nitrogens with one attached hydrogen (secondary N) is 1. The zero-order valence-corrected chi connectivity index (χ0v) is 9.30. The molecule has 0 aromatic carbocycles. The summed E-state index contributed by atoms with van der Waals surface area (Å²) in [4.78, 5) is 0. The smallest absolute Gasteiger partial charge is 0.0643 e. The normalized spacial score (nSPS) is 33.2. The van der Waals surface area contributed by atoms with Crippen LogP contribution in [0, 0.1) is 11.8 Å². The minimum absolute atomic E-state index is 0.591. The third kappa shape index (κ3) is 2.71. The largest absolute Gasteiger partial charge is 0.378 e. The first-order chi connectivity index (χ1) is 6.92. The number of hydrogen-bond donors (Lipinski definition) is 1. The van der Waals surface area contributed by atoms with Gasteiger partial charge in [-0.05, 0) is 50.5 Å². The second kappa shape index (κ2) is 5.13. The van der Waals surface area contributed by atoms with Crippen LogP contribution < -0.4 is 5.32 Å². The van der Waals surface area contributed by atoms with Crippen molar-refractivity contribution in [3.8, 4) is 0 Å². The van der Waals surface area contributed by atoms with Gasteiger partial charge in [0.25, 0.3) is 0 Å². The third-order valence-electron chi connectivity index (χ3n) is 3.41. The molecule has 0 amide bonds. The SMILES string of the molecule is CCCNCC1CCCOC1C1CC1. The van der Waals surface area contributed by atoms with E-state index >= 15 is 0 Å². The molecule has 1 saturated carbocycles. The first kappa shape index (κ1) is 10.4. The van der Waals surface area contributed by atoms with Crippen molar-refractivity contribution < 1.29 is 4.74 Å². The van der Waals surface area contributed by atoms with Crippen molar-refractivity contribution in [1.82, 2.24) is 5.32 Å². The standard InChI is InChI=1S/C12H23NO/c1-2-7-13-9-11-4-3-8-14-12(11)10-5-6-10/h10-13H,2-9H2,1H3. The zero-order valence-electron chi connectivity index (χ0n) is 9.30. The predicted molar refractivity (Wildman–Crippen MR) is 58.3 cm³/mol. The second-order valence-electron chi connectivity index (χ2n) is 4.78. The van der Waals surface area contributed by atoms with Gasteiger partial charge in [0.15, 0.2) is 0 Å². The molecule has 2 heteroatoms. The Kier molecular flexibility index (Phi) is 3.82. The van der Waals surface area contributed by atoms with Gasteiger partial charge in [0.05, 0.1) is 6.10 Å². The van der Waals surface area contributed by atoms with E-state index in [-0.39, 0.29) is 0 Å². The van der Waals surface area contributed by atoms with Gasteiger partial charge in [-0.15, -0.1) is 0 Å². The molecule has 0 spiro atoms. The minimum atomic E-state index is 0.591. The summed E-state index contributed by atoms with van der Waals surface area (Å²) in [6.45, 7) is 5.57. The molecule has 0 bridgehead atoms. The van der Waals surface area contributed by atoms with E-state index in [1.165, 1.54) is 38.6 Å². The highest BCUT2D eigenvalue weighted by molar-refractivity contribution is 4.89. The Labute approximate surface area is 87.4 Å². The Morgan fingerprint density at radius 2 is 2.14 bits per heavy atom. The summed E-state index contributed by atoms with van der Waals surface area (Å²) in [7, 11) is 0. The second-order valence-corrected chi connectivity index (χ2v) is 4.78. The highest BCUT2D eigenvalue weighted by Gasteiger charge is 2.38. The van der Waals surface area contributed by atoms with Crippen molar-refractivity contribution in [3.05, 3.63) is 0 Å². The fourth-order valence-corrected chi connectivity index (χ4v) is 2.49. The lowest BCUT2D eigenvalue weighted by atomic mass is 9.91. The van der Waals surface area contributed by atoms with Gasteiger partial charge in [0.1, 0.15) is 0 Å². The molecule has 2 fully saturated rings. The van der Waals surface area contributed by atoms with Crippen LogP contribution >= 0.6 is 0 Å². The van der Waals surface area contributed by atoms with Crippen LogP contribution in [0.2, 0.25) is 0 Å². The molecule has 2 nitrogen and oxygen atoms in total. The van der Waals surface area contributed by atoms with Gasteiger partial charge in [-0.2, -0.15) is 0 Å². The van der Waals surface area contributed by atoms with Crippen LogP contribution in [0.4, 0.5) is 0 Å². The Hall–Kier alpha value is -0.0800. The van der Waals surface area contributed by atoms with E-state index in [0.717, 1.165) is 25.0 Å². The van der Waals surface area contributed by atoms with Gasteiger partial charge >= 0.3 is 0 Å². The van der Waals surface area contributed by atoms with E-state index in [0.29, 0.717) is 6.10 Å². The summed E-state index contributed by atoms with van der Waals surface area (Å²) in [6.07, 6.45) is 7.29. The molecule has 0 aromatic heterocycles. The molecule has 2 atom stereocenters. The maximum atomic E-state index is 5.91. The highest BCUT2D eigenvalue weighted by Crippen LogP contribution is 2.40. The van der Waals surface area contributed by atoms with Crippen LogP contribution in [0.15, 0.2) is 0 Å². The molecule has 1 saturated heterocycles. The number of rotatable bonds is 5. The maximum absolute atomic E-state index is 5.91. The average molecular weight is 197 g/mol. The van der Waals surface area contributed by atoms with Crippen molar-refractivity contribution in [1.29, 1.82) is 0 Å².